The minimum absolute atomic E-state index is 0.109. The largest absolute Gasteiger partial charge is 0.467 e. The summed E-state index contributed by atoms with van der Waals surface area (Å²) in [6.45, 7) is 3.93. The van der Waals surface area contributed by atoms with Crippen LogP contribution in [0.15, 0.2) is 16.7 Å². The number of pyridine rings is 1. The van der Waals surface area contributed by atoms with Gasteiger partial charge in [0.1, 0.15) is 16.5 Å². The second-order valence-corrected chi connectivity index (χ2v) is 5.45. The summed E-state index contributed by atoms with van der Waals surface area (Å²) in [6, 6.07) is 1.98. The van der Waals surface area contributed by atoms with Crippen molar-refractivity contribution in [2.45, 2.75) is 26.3 Å². The van der Waals surface area contributed by atoms with Gasteiger partial charge in [0.15, 0.2) is 0 Å². The van der Waals surface area contributed by atoms with Crippen molar-refractivity contribution in [3.63, 3.8) is 0 Å². The molecule has 1 rings (SSSR count). The SMILES string of the molecule is COC(=O)[C@H](CC(C)C)Nc1cc([N+](=O)[O-])cc(Br)n1. The topological polar surface area (TPSA) is 94.4 Å². The third-order valence-electron chi connectivity index (χ3n) is 2.50. The monoisotopic (exact) mass is 345 g/mol. The van der Waals surface area contributed by atoms with Gasteiger partial charge in [0.05, 0.1) is 18.1 Å². The van der Waals surface area contributed by atoms with Crippen LogP contribution < -0.4 is 5.32 Å². The molecule has 1 heterocycles. The molecule has 0 unspecified atom stereocenters. The number of esters is 1. The molecule has 8 heteroatoms. The van der Waals surface area contributed by atoms with Crippen LogP contribution in [0.1, 0.15) is 20.3 Å². The Morgan fingerprint density at radius 1 is 1.55 bits per heavy atom. The summed E-state index contributed by atoms with van der Waals surface area (Å²) in [5.41, 5.74) is -0.109. The Kier molecular flexibility index (Phi) is 5.87. The van der Waals surface area contributed by atoms with Crippen LogP contribution >= 0.6 is 15.9 Å². The number of methoxy groups -OCH3 is 1. The molecule has 1 aromatic heterocycles. The molecule has 1 N–H and O–H groups in total. The molecule has 0 aliphatic heterocycles. The maximum atomic E-state index is 11.7. The van der Waals surface area contributed by atoms with Gasteiger partial charge in [-0.15, -0.1) is 0 Å². The molecule has 0 aliphatic rings. The van der Waals surface area contributed by atoms with Crippen molar-refractivity contribution in [2.24, 2.45) is 5.92 Å². The van der Waals surface area contributed by atoms with Gasteiger partial charge in [0.25, 0.3) is 5.69 Å². The van der Waals surface area contributed by atoms with E-state index in [9.17, 15) is 14.9 Å². The first kappa shape index (κ1) is 16.4. The highest BCUT2D eigenvalue weighted by atomic mass is 79.9. The number of ether oxygens (including phenoxy) is 1. The van der Waals surface area contributed by atoms with Crippen molar-refractivity contribution < 1.29 is 14.5 Å². The zero-order valence-electron chi connectivity index (χ0n) is 11.4. The lowest BCUT2D eigenvalue weighted by molar-refractivity contribution is -0.384. The summed E-state index contributed by atoms with van der Waals surface area (Å²) < 4.78 is 5.04. The number of nitrogens with one attached hydrogen (secondary N) is 1. The van der Waals surface area contributed by atoms with Crippen LogP contribution in [0.5, 0.6) is 0 Å². The van der Waals surface area contributed by atoms with Crippen molar-refractivity contribution in [3.05, 3.63) is 26.9 Å². The van der Waals surface area contributed by atoms with E-state index in [2.05, 4.69) is 26.2 Å². The highest BCUT2D eigenvalue weighted by Gasteiger charge is 2.22. The van der Waals surface area contributed by atoms with Crippen molar-refractivity contribution in [1.29, 1.82) is 0 Å². The molecule has 0 aromatic carbocycles. The van der Waals surface area contributed by atoms with Gasteiger partial charge in [-0.3, -0.25) is 10.1 Å². The molecule has 0 radical (unpaired) electrons. The van der Waals surface area contributed by atoms with Crippen molar-refractivity contribution in [1.82, 2.24) is 4.98 Å². The fourth-order valence-corrected chi connectivity index (χ4v) is 2.09. The van der Waals surface area contributed by atoms with Crippen molar-refractivity contribution in [3.8, 4) is 0 Å². The fraction of sp³-hybridized carbons (Fsp3) is 0.500. The van der Waals surface area contributed by atoms with E-state index in [1.807, 2.05) is 13.8 Å². The van der Waals surface area contributed by atoms with Gasteiger partial charge in [-0.05, 0) is 28.3 Å². The summed E-state index contributed by atoms with van der Waals surface area (Å²) >= 11 is 3.10. The van der Waals surface area contributed by atoms with Crippen molar-refractivity contribution in [2.75, 3.05) is 12.4 Å². The van der Waals surface area contributed by atoms with Crippen LogP contribution in [-0.2, 0) is 9.53 Å². The first-order valence-corrected chi connectivity index (χ1v) is 6.79. The van der Waals surface area contributed by atoms with Gasteiger partial charge in [-0.1, -0.05) is 13.8 Å². The Hall–Kier alpha value is -1.70. The minimum Gasteiger partial charge on any atom is -0.467 e. The molecule has 0 fully saturated rings. The second-order valence-electron chi connectivity index (χ2n) is 4.64. The highest BCUT2D eigenvalue weighted by Crippen LogP contribution is 2.22. The fourth-order valence-electron chi connectivity index (χ4n) is 1.67. The summed E-state index contributed by atoms with van der Waals surface area (Å²) in [5, 5.41) is 13.7. The van der Waals surface area contributed by atoms with Crippen LogP contribution in [0, 0.1) is 16.0 Å². The molecule has 0 aliphatic carbocycles. The quantitative estimate of drug-likeness (QED) is 0.368. The molecule has 20 heavy (non-hydrogen) atoms. The first-order chi connectivity index (χ1) is 9.33. The average molecular weight is 346 g/mol. The van der Waals surface area contributed by atoms with Gasteiger partial charge in [-0.25, -0.2) is 9.78 Å². The predicted octanol–water partition coefficient (Wildman–Crippen LogP) is 2.75. The minimum atomic E-state index is -0.596. The Morgan fingerprint density at radius 3 is 2.70 bits per heavy atom. The van der Waals surface area contributed by atoms with Crippen LogP contribution in [0.25, 0.3) is 0 Å². The number of carbonyl (C=O) groups excluding carboxylic acids is 1. The number of hydrogen-bond donors (Lipinski definition) is 1. The Bertz CT molecular complexity index is 507. The number of carbonyl (C=O) groups is 1. The number of hydrogen-bond acceptors (Lipinski definition) is 6. The lowest BCUT2D eigenvalue weighted by Crippen LogP contribution is -2.32. The lowest BCUT2D eigenvalue weighted by atomic mass is 10.0. The van der Waals surface area contributed by atoms with Gasteiger partial charge >= 0.3 is 5.97 Å². The summed E-state index contributed by atoms with van der Waals surface area (Å²) in [6.07, 6.45) is 0.536. The average Bonchev–Trinajstić information content (AvgIpc) is 2.35. The maximum Gasteiger partial charge on any atom is 0.328 e. The van der Waals surface area contributed by atoms with Crippen LogP contribution in [0.2, 0.25) is 0 Å². The smallest absolute Gasteiger partial charge is 0.328 e. The number of aromatic nitrogens is 1. The van der Waals surface area contributed by atoms with E-state index in [1.165, 1.54) is 19.2 Å². The molecule has 0 spiro atoms. The zero-order chi connectivity index (χ0) is 15.3. The molecule has 7 nitrogen and oxygen atoms in total. The Morgan fingerprint density at radius 2 is 2.20 bits per heavy atom. The maximum absolute atomic E-state index is 11.7. The number of anilines is 1. The van der Waals surface area contributed by atoms with Gasteiger partial charge < -0.3 is 10.1 Å². The highest BCUT2D eigenvalue weighted by molar-refractivity contribution is 9.10. The molecule has 0 bridgehead atoms. The lowest BCUT2D eigenvalue weighted by Gasteiger charge is -2.18. The molecule has 110 valence electrons. The Labute approximate surface area is 125 Å². The van der Waals surface area contributed by atoms with E-state index >= 15 is 0 Å². The molecular weight excluding hydrogens is 330 g/mol. The van der Waals surface area contributed by atoms with E-state index in [0.29, 0.717) is 11.0 Å². The number of nitrogens with zero attached hydrogens (tertiary/aromatic N) is 2. The second kappa shape index (κ2) is 7.18. The number of halogens is 1. The molecule has 0 saturated carbocycles. The van der Waals surface area contributed by atoms with Crippen molar-refractivity contribution >= 4 is 33.4 Å². The molecule has 0 saturated heterocycles. The standard InChI is InChI=1S/C12H16BrN3O4/c1-7(2)4-9(12(17)20-3)14-11-6-8(16(18)19)5-10(13)15-11/h5-7,9H,4H2,1-3H3,(H,14,15)/t9-/m0/s1. The van der Waals surface area contributed by atoms with E-state index < -0.39 is 16.9 Å². The molecule has 1 aromatic rings. The van der Waals surface area contributed by atoms with Crippen LogP contribution in [-0.4, -0.2) is 29.0 Å². The van der Waals surface area contributed by atoms with E-state index in [-0.39, 0.29) is 17.4 Å². The van der Waals surface area contributed by atoms with Crippen LogP contribution in [0.4, 0.5) is 11.5 Å². The molecule has 1 atom stereocenters. The first-order valence-electron chi connectivity index (χ1n) is 5.99. The van der Waals surface area contributed by atoms with Gasteiger partial charge in [0.2, 0.25) is 0 Å². The third kappa shape index (κ3) is 4.76. The molecular formula is C12H16BrN3O4. The predicted molar refractivity (Wildman–Crippen MR) is 77.5 cm³/mol. The van der Waals surface area contributed by atoms with E-state index in [4.69, 9.17) is 4.74 Å². The summed E-state index contributed by atoms with van der Waals surface area (Å²) in [7, 11) is 1.30. The third-order valence-corrected chi connectivity index (χ3v) is 2.91. The van der Waals surface area contributed by atoms with Crippen LogP contribution in [0.3, 0.4) is 0 Å². The van der Waals surface area contributed by atoms with Gasteiger partial charge in [0, 0.05) is 6.07 Å². The number of nitro groups is 1. The Balaban J connectivity index is 2.98. The molecule has 0 amide bonds. The zero-order valence-corrected chi connectivity index (χ0v) is 13.0. The normalized spacial score (nSPS) is 12.1. The summed E-state index contributed by atoms with van der Waals surface area (Å²) in [4.78, 5) is 26.0. The summed E-state index contributed by atoms with van der Waals surface area (Å²) in [5.74, 6) is 0.0824. The van der Waals surface area contributed by atoms with E-state index in [0.717, 1.165) is 0 Å². The van der Waals surface area contributed by atoms with Gasteiger partial charge in [-0.2, -0.15) is 0 Å². The van der Waals surface area contributed by atoms with E-state index in [1.54, 1.807) is 0 Å². The number of rotatable bonds is 6.